The minimum atomic E-state index is 0.133. The Morgan fingerprint density at radius 3 is 3.13 bits per heavy atom. The van der Waals surface area contributed by atoms with E-state index in [9.17, 15) is 0 Å². The predicted octanol–water partition coefficient (Wildman–Crippen LogP) is 2.79. The Morgan fingerprint density at radius 2 is 2.30 bits per heavy atom. The summed E-state index contributed by atoms with van der Waals surface area (Å²) in [5.41, 5.74) is 4.62. The zero-order valence-electron chi connectivity index (χ0n) is 13.4. The van der Waals surface area contributed by atoms with E-state index in [-0.39, 0.29) is 6.10 Å². The first-order chi connectivity index (χ1) is 11.2. The number of benzene rings is 1. The predicted molar refractivity (Wildman–Crippen MR) is 89.3 cm³/mol. The zero-order valence-corrected chi connectivity index (χ0v) is 13.4. The number of aromatic amines is 1. The zero-order chi connectivity index (χ0) is 15.8. The van der Waals surface area contributed by atoms with E-state index in [1.54, 1.807) is 0 Å². The second-order valence-corrected chi connectivity index (χ2v) is 6.29. The summed E-state index contributed by atoms with van der Waals surface area (Å²) in [6, 6.07) is 4.29. The van der Waals surface area contributed by atoms with Crippen LogP contribution in [0.4, 0.5) is 5.69 Å². The number of aryl methyl sites for hydroxylation is 2. The molecule has 120 valence electrons. The second kappa shape index (κ2) is 5.70. The molecule has 0 aliphatic carbocycles. The van der Waals surface area contributed by atoms with Crippen LogP contribution in [0.5, 0.6) is 0 Å². The van der Waals surface area contributed by atoms with Crippen LogP contribution in [0, 0.1) is 12.8 Å². The van der Waals surface area contributed by atoms with Crippen molar-refractivity contribution < 1.29 is 4.74 Å². The lowest BCUT2D eigenvalue weighted by Crippen LogP contribution is -2.18. The van der Waals surface area contributed by atoms with Crippen LogP contribution in [0.1, 0.15) is 23.7 Å². The summed E-state index contributed by atoms with van der Waals surface area (Å²) in [5.74, 6) is 0.457. The Hall–Kier alpha value is -2.34. The van der Waals surface area contributed by atoms with E-state index in [1.165, 1.54) is 11.1 Å². The Labute approximate surface area is 134 Å². The highest BCUT2D eigenvalue weighted by atomic mass is 16.5. The number of fused-ring (bicyclic) bond motifs is 1. The lowest BCUT2D eigenvalue weighted by Gasteiger charge is -2.19. The topological polar surface area (TPSA) is 67.8 Å². The average Bonchev–Trinajstić information content (AvgIpc) is 3.24. The van der Waals surface area contributed by atoms with Gasteiger partial charge in [-0.3, -0.25) is 9.78 Å². The number of nitrogens with one attached hydrogen (secondary N) is 2. The number of ether oxygens (including phenoxy) is 1. The van der Waals surface area contributed by atoms with Crippen LogP contribution in [0.15, 0.2) is 30.7 Å². The molecule has 2 aromatic heterocycles. The molecule has 2 N–H and O–H groups in total. The number of aromatic nitrogens is 4. The number of nitrogens with zero attached hydrogens (tertiary/aromatic N) is 3. The van der Waals surface area contributed by atoms with Crippen molar-refractivity contribution in [2.45, 2.75) is 19.4 Å². The largest absolute Gasteiger partial charge is 0.384 e. The lowest BCUT2D eigenvalue weighted by molar-refractivity contribution is 0.0932. The van der Waals surface area contributed by atoms with Crippen LogP contribution >= 0.6 is 0 Å². The van der Waals surface area contributed by atoms with Gasteiger partial charge in [-0.1, -0.05) is 0 Å². The fraction of sp³-hybridized carbons (Fsp3) is 0.412. The fourth-order valence-electron chi connectivity index (χ4n) is 3.33. The van der Waals surface area contributed by atoms with E-state index in [2.05, 4.69) is 39.7 Å². The molecule has 4 rings (SSSR count). The van der Waals surface area contributed by atoms with Gasteiger partial charge in [-0.25, -0.2) is 0 Å². The molecule has 1 fully saturated rings. The highest BCUT2D eigenvalue weighted by Crippen LogP contribution is 2.34. The molecular formula is C17H21N5O. The van der Waals surface area contributed by atoms with Gasteiger partial charge in [0.25, 0.3) is 0 Å². The van der Waals surface area contributed by atoms with Gasteiger partial charge in [0.15, 0.2) is 0 Å². The summed E-state index contributed by atoms with van der Waals surface area (Å²) >= 11 is 0. The molecule has 0 unspecified atom stereocenters. The number of rotatable bonds is 4. The first kappa shape index (κ1) is 14.3. The fourth-order valence-corrected chi connectivity index (χ4v) is 3.33. The molecule has 0 bridgehead atoms. The molecular weight excluding hydrogens is 290 g/mol. The van der Waals surface area contributed by atoms with Crippen molar-refractivity contribution in [3.63, 3.8) is 0 Å². The van der Waals surface area contributed by atoms with Gasteiger partial charge in [0, 0.05) is 49.0 Å². The summed E-state index contributed by atoms with van der Waals surface area (Å²) in [6.07, 6.45) is 7.02. The summed E-state index contributed by atoms with van der Waals surface area (Å²) in [7, 11) is 1.94. The van der Waals surface area contributed by atoms with E-state index in [0.29, 0.717) is 5.92 Å². The van der Waals surface area contributed by atoms with E-state index in [0.717, 1.165) is 36.2 Å². The molecule has 3 aromatic rings. The van der Waals surface area contributed by atoms with Gasteiger partial charge in [0.05, 0.1) is 24.0 Å². The Bertz CT molecular complexity index is 821. The maximum Gasteiger partial charge on any atom is 0.0901 e. The summed E-state index contributed by atoms with van der Waals surface area (Å²) in [4.78, 5) is 0. The van der Waals surface area contributed by atoms with E-state index in [4.69, 9.17) is 4.74 Å². The van der Waals surface area contributed by atoms with Crippen LogP contribution in [-0.4, -0.2) is 33.1 Å². The normalized spacial score (nSPS) is 21.1. The monoisotopic (exact) mass is 311 g/mol. The Morgan fingerprint density at radius 1 is 1.39 bits per heavy atom. The molecule has 1 aliphatic rings. The van der Waals surface area contributed by atoms with Gasteiger partial charge in [-0.2, -0.15) is 10.2 Å². The molecule has 1 aromatic carbocycles. The third-order valence-electron chi connectivity index (χ3n) is 4.61. The van der Waals surface area contributed by atoms with Crippen LogP contribution < -0.4 is 5.32 Å². The minimum Gasteiger partial charge on any atom is -0.384 e. The number of hydrogen-bond acceptors (Lipinski definition) is 4. The van der Waals surface area contributed by atoms with E-state index < -0.39 is 0 Å². The third-order valence-corrected chi connectivity index (χ3v) is 4.61. The van der Waals surface area contributed by atoms with Crippen LogP contribution in [-0.2, 0) is 11.8 Å². The van der Waals surface area contributed by atoms with Gasteiger partial charge in [-0.15, -0.1) is 0 Å². The van der Waals surface area contributed by atoms with Crippen molar-refractivity contribution >= 4 is 16.6 Å². The Kier molecular flexibility index (Phi) is 3.53. The summed E-state index contributed by atoms with van der Waals surface area (Å²) < 4.78 is 7.76. The maximum atomic E-state index is 5.93. The van der Waals surface area contributed by atoms with Crippen molar-refractivity contribution in [2.24, 2.45) is 13.0 Å². The molecule has 6 nitrogen and oxygen atoms in total. The Balaban J connectivity index is 1.49. The quantitative estimate of drug-likeness (QED) is 0.777. The van der Waals surface area contributed by atoms with E-state index in [1.807, 2.05) is 30.3 Å². The van der Waals surface area contributed by atoms with Gasteiger partial charge in [0.1, 0.15) is 0 Å². The average molecular weight is 311 g/mol. The molecule has 1 saturated heterocycles. The van der Waals surface area contributed by atoms with Crippen molar-refractivity contribution in [3.8, 4) is 0 Å². The molecule has 6 heteroatoms. The van der Waals surface area contributed by atoms with Gasteiger partial charge in [0.2, 0.25) is 0 Å². The molecule has 2 atom stereocenters. The van der Waals surface area contributed by atoms with E-state index >= 15 is 0 Å². The SMILES string of the molecule is Cc1cc2[nH]ncc2cc1NC[C@H]1CCO[C@@H]1c1cnn(C)c1. The van der Waals surface area contributed by atoms with Gasteiger partial charge in [-0.05, 0) is 31.0 Å². The van der Waals surface area contributed by atoms with Crippen LogP contribution in [0.25, 0.3) is 10.9 Å². The molecule has 0 saturated carbocycles. The highest BCUT2D eigenvalue weighted by molar-refractivity contribution is 5.83. The number of hydrogen-bond donors (Lipinski definition) is 2. The van der Waals surface area contributed by atoms with Crippen molar-refractivity contribution in [1.82, 2.24) is 20.0 Å². The van der Waals surface area contributed by atoms with Crippen molar-refractivity contribution in [1.29, 1.82) is 0 Å². The lowest BCUT2D eigenvalue weighted by atomic mass is 9.97. The van der Waals surface area contributed by atoms with Crippen molar-refractivity contribution in [3.05, 3.63) is 41.9 Å². The van der Waals surface area contributed by atoms with Crippen LogP contribution in [0.3, 0.4) is 0 Å². The smallest absolute Gasteiger partial charge is 0.0901 e. The molecule has 0 radical (unpaired) electrons. The number of H-pyrrole nitrogens is 1. The number of anilines is 1. The van der Waals surface area contributed by atoms with Gasteiger partial charge >= 0.3 is 0 Å². The second-order valence-electron chi connectivity index (χ2n) is 6.29. The van der Waals surface area contributed by atoms with Crippen molar-refractivity contribution in [2.75, 3.05) is 18.5 Å². The van der Waals surface area contributed by atoms with Gasteiger partial charge < -0.3 is 10.1 Å². The first-order valence-corrected chi connectivity index (χ1v) is 7.98. The highest BCUT2D eigenvalue weighted by Gasteiger charge is 2.30. The van der Waals surface area contributed by atoms with Crippen LogP contribution in [0.2, 0.25) is 0 Å². The third kappa shape index (κ3) is 2.70. The standard InChI is InChI=1S/C17H21N5O/c1-11-5-16-13(8-19-21-16)6-15(11)18-7-12-3-4-23-17(12)14-9-20-22(2)10-14/h5-6,8-10,12,17-18H,3-4,7H2,1-2H3,(H,19,21)/t12-,17+/m1/s1. The molecule has 3 heterocycles. The summed E-state index contributed by atoms with van der Waals surface area (Å²) in [5, 5.41) is 16.1. The molecule has 1 aliphatic heterocycles. The molecule has 23 heavy (non-hydrogen) atoms. The molecule has 0 amide bonds. The molecule has 0 spiro atoms. The minimum absolute atomic E-state index is 0.133. The summed E-state index contributed by atoms with van der Waals surface area (Å²) in [6.45, 7) is 3.82. The first-order valence-electron chi connectivity index (χ1n) is 7.98. The maximum absolute atomic E-state index is 5.93.